The average Bonchev–Trinajstić information content (AvgIpc) is 3.29. The molecule has 1 heterocycles. The van der Waals surface area contributed by atoms with Crippen molar-refractivity contribution in [3.63, 3.8) is 0 Å². The molecule has 2 amide bonds. The Morgan fingerprint density at radius 3 is 2.50 bits per heavy atom. The summed E-state index contributed by atoms with van der Waals surface area (Å²) in [6.07, 6.45) is 5.67. The van der Waals surface area contributed by atoms with Crippen molar-refractivity contribution in [1.82, 2.24) is 19.7 Å². The third-order valence-corrected chi connectivity index (χ3v) is 6.99. The van der Waals surface area contributed by atoms with Crippen molar-refractivity contribution in [2.45, 2.75) is 51.6 Å². The summed E-state index contributed by atoms with van der Waals surface area (Å²) in [7, 11) is -3.96. The molecule has 9 heteroatoms. The fourth-order valence-corrected chi connectivity index (χ4v) is 5.51. The van der Waals surface area contributed by atoms with Crippen LogP contribution in [0.3, 0.4) is 0 Å². The van der Waals surface area contributed by atoms with Crippen LogP contribution < -0.4 is 20.1 Å². The molecule has 154 valence electrons. The van der Waals surface area contributed by atoms with E-state index in [2.05, 4.69) is 31.0 Å². The molecule has 1 saturated heterocycles. The second kappa shape index (κ2) is 7.98. The number of piperazine rings is 1. The van der Waals surface area contributed by atoms with Crippen LogP contribution in [0, 0.1) is 0 Å². The van der Waals surface area contributed by atoms with Gasteiger partial charge in [-0.1, -0.05) is 13.0 Å². The molecule has 0 bridgehead atoms. The lowest BCUT2D eigenvalue weighted by molar-refractivity contribution is 0.202. The Morgan fingerprint density at radius 2 is 1.86 bits per heavy atom. The molecule has 1 atom stereocenters. The molecule has 1 aromatic rings. The first-order valence-electron chi connectivity index (χ1n) is 10.2. The molecule has 28 heavy (non-hydrogen) atoms. The number of hydrogen-bond donors (Lipinski definition) is 4. The van der Waals surface area contributed by atoms with Gasteiger partial charge in [0, 0.05) is 25.3 Å². The molecule has 4 rings (SSSR count). The fraction of sp³-hybridized carbons (Fsp3) is 0.632. The first-order valence-corrected chi connectivity index (χ1v) is 11.7. The van der Waals surface area contributed by atoms with E-state index in [-0.39, 0.29) is 0 Å². The monoisotopic (exact) mass is 407 g/mol. The predicted octanol–water partition coefficient (Wildman–Crippen LogP) is 0.871. The third-order valence-electron chi connectivity index (χ3n) is 5.94. The zero-order valence-corrected chi connectivity index (χ0v) is 17.1. The molecule has 0 radical (unpaired) electrons. The maximum absolute atomic E-state index is 12.5. The number of rotatable bonds is 5. The van der Waals surface area contributed by atoms with E-state index in [4.69, 9.17) is 0 Å². The van der Waals surface area contributed by atoms with E-state index >= 15 is 0 Å². The third kappa shape index (κ3) is 4.17. The van der Waals surface area contributed by atoms with Crippen molar-refractivity contribution in [3.05, 3.63) is 28.3 Å². The number of benzene rings is 1. The van der Waals surface area contributed by atoms with Gasteiger partial charge in [0.2, 0.25) is 0 Å². The van der Waals surface area contributed by atoms with Gasteiger partial charge in [-0.3, -0.25) is 10.2 Å². The highest BCUT2D eigenvalue weighted by Gasteiger charge is 2.27. The van der Waals surface area contributed by atoms with Crippen molar-refractivity contribution in [2.75, 3.05) is 31.5 Å². The molecule has 8 nitrogen and oxygen atoms in total. The summed E-state index contributed by atoms with van der Waals surface area (Å²) < 4.78 is 29.5. The average molecular weight is 408 g/mol. The van der Waals surface area contributed by atoms with Gasteiger partial charge in [-0.25, -0.2) is 9.52 Å². The Hall–Kier alpha value is -1.68. The second-order valence-electron chi connectivity index (χ2n) is 7.81. The maximum Gasteiger partial charge on any atom is 0.333 e. The van der Waals surface area contributed by atoms with Crippen LogP contribution in [0.5, 0.6) is 0 Å². The zero-order valence-electron chi connectivity index (χ0n) is 16.3. The van der Waals surface area contributed by atoms with Crippen LogP contribution in [0.2, 0.25) is 0 Å². The van der Waals surface area contributed by atoms with Crippen LogP contribution in [0.15, 0.2) is 6.07 Å². The Balaban J connectivity index is 1.44. The van der Waals surface area contributed by atoms with Gasteiger partial charge in [0.05, 0.1) is 6.17 Å². The summed E-state index contributed by atoms with van der Waals surface area (Å²) in [4.78, 5) is 14.7. The molecule has 1 aliphatic heterocycles. The number of anilines is 1. The molecule has 0 spiro atoms. The minimum absolute atomic E-state index is 0.413. The first kappa shape index (κ1) is 19.6. The van der Waals surface area contributed by atoms with E-state index in [9.17, 15) is 13.2 Å². The van der Waals surface area contributed by atoms with Crippen molar-refractivity contribution < 1.29 is 13.2 Å². The van der Waals surface area contributed by atoms with E-state index in [0.29, 0.717) is 13.1 Å². The van der Waals surface area contributed by atoms with E-state index in [1.165, 1.54) is 22.3 Å². The minimum Gasteiger partial charge on any atom is -0.307 e. The van der Waals surface area contributed by atoms with Gasteiger partial charge in [-0.15, -0.1) is 0 Å². The summed E-state index contributed by atoms with van der Waals surface area (Å²) in [5.74, 6) is 0. The quantitative estimate of drug-likeness (QED) is 0.580. The molecular formula is C19H29N5O3S. The summed E-state index contributed by atoms with van der Waals surface area (Å²) in [5, 5.41) is 5.98. The van der Waals surface area contributed by atoms with Crippen LogP contribution in [0.4, 0.5) is 10.5 Å². The largest absolute Gasteiger partial charge is 0.333 e. The number of fused-ring (bicyclic) bond motifs is 2. The second-order valence-corrected chi connectivity index (χ2v) is 9.26. The highest BCUT2D eigenvalue weighted by molar-refractivity contribution is 7.88. The van der Waals surface area contributed by atoms with Crippen molar-refractivity contribution in [3.8, 4) is 0 Å². The van der Waals surface area contributed by atoms with Crippen LogP contribution in [-0.2, 0) is 35.9 Å². The van der Waals surface area contributed by atoms with Gasteiger partial charge < -0.3 is 5.32 Å². The summed E-state index contributed by atoms with van der Waals surface area (Å²) >= 11 is 0. The molecule has 1 fully saturated rings. The number of nitrogens with one attached hydrogen (secondary N) is 4. The van der Waals surface area contributed by atoms with Crippen LogP contribution in [-0.4, -0.2) is 51.7 Å². The van der Waals surface area contributed by atoms with E-state index in [1.54, 1.807) is 0 Å². The Bertz CT molecular complexity index is 839. The first-order chi connectivity index (χ1) is 13.4. The standard InChI is InChI=1S/C19H29N5O3S/c1-2-24-10-9-20-17(12-24)22-28(26,27)23-19(25)21-18-15-7-3-5-13(15)11-14-6-4-8-16(14)18/h11,17,20,22H,2-10,12H2,1H3,(H2,21,23,25). The summed E-state index contributed by atoms with van der Waals surface area (Å²) in [6.45, 7) is 5.05. The number of carbonyl (C=O) groups is 1. The van der Waals surface area contributed by atoms with Crippen LogP contribution in [0.1, 0.15) is 42.0 Å². The highest BCUT2D eigenvalue weighted by Crippen LogP contribution is 2.38. The Kier molecular flexibility index (Phi) is 5.59. The fourth-order valence-electron chi connectivity index (χ4n) is 4.62. The summed E-state index contributed by atoms with van der Waals surface area (Å²) in [5.41, 5.74) is 5.77. The van der Waals surface area contributed by atoms with E-state index in [1.807, 2.05) is 6.92 Å². The number of urea groups is 1. The van der Waals surface area contributed by atoms with Gasteiger partial charge in [0.25, 0.3) is 0 Å². The number of carbonyl (C=O) groups excluding carboxylic acids is 1. The van der Waals surface area contributed by atoms with Crippen molar-refractivity contribution in [2.24, 2.45) is 0 Å². The lowest BCUT2D eigenvalue weighted by Gasteiger charge is -2.32. The molecule has 4 N–H and O–H groups in total. The zero-order chi connectivity index (χ0) is 19.7. The molecular weight excluding hydrogens is 378 g/mol. The van der Waals surface area contributed by atoms with Crippen molar-refractivity contribution in [1.29, 1.82) is 0 Å². The van der Waals surface area contributed by atoms with Crippen molar-refractivity contribution >= 4 is 21.9 Å². The topological polar surface area (TPSA) is 103 Å². The van der Waals surface area contributed by atoms with E-state index < -0.39 is 22.4 Å². The number of hydrogen-bond acceptors (Lipinski definition) is 5. The number of aryl methyl sites for hydroxylation is 2. The maximum atomic E-state index is 12.5. The van der Waals surface area contributed by atoms with Gasteiger partial charge in [0.1, 0.15) is 0 Å². The van der Waals surface area contributed by atoms with Gasteiger partial charge >= 0.3 is 16.2 Å². The molecule has 2 aliphatic carbocycles. The van der Waals surface area contributed by atoms with Crippen LogP contribution >= 0.6 is 0 Å². The molecule has 1 aromatic carbocycles. The van der Waals surface area contributed by atoms with Gasteiger partial charge in [-0.2, -0.15) is 13.1 Å². The van der Waals surface area contributed by atoms with E-state index in [0.717, 1.165) is 57.3 Å². The van der Waals surface area contributed by atoms with Gasteiger partial charge in [0.15, 0.2) is 0 Å². The number of nitrogens with zero attached hydrogens (tertiary/aromatic N) is 1. The lowest BCUT2D eigenvalue weighted by atomic mass is 9.99. The number of amides is 2. The Morgan fingerprint density at radius 1 is 1.18 bits per heavy atom. The minimum atomic E-state index is -3.96. The summed E-state index contributed by atoms with van der Waals surface area (Å²) in [6, 6.07) is 1.57. The highest BCUT2D eigenvalue weighted by atomic mass is 32.2. The molecule has 3 aliphatic rings. The Labute approximate surface area is 166 Å². The molecule has 0 saturated carbocycles. The SMILES string of the molecule is CCN1CCNC(NS(=O)(=O)NC(=O)Nc2c3c(cc4c2CCC4)CCC3)C1. The smallest absolute Gasteiger partial charge is 0.307 e. The van der Waals surface area contributed by atoms with Crippen LogP contribution in [0.25, 0.3) is 0 Å². The van der Waals surface area contributed by atoms with Gasteiger partial charge in [-0.05, 0) is 67.3 Å². The number of likely N-dealkylation sites (N-methyl/N-ethyl adjacent to an activating group) is 1. The normalized spacial score (nSPS) is 22.0. The lowest BCUT2D eigenvalue weighted by Crippen LogP contribution is -2.60. The molecule has 0 aromatic heterocycles. The predicted molar refractivity (Wildman–Crippen MR) is 109 cm³/mol. The molecule has 1 unspecified atom stereocenters.